The SMILES string of the molecule is COc1ccc(Cn2cc(NC(=O)N[C@H](C)CCO)cn2)cc1. The molecule has 0 spiro atoms. The third-order valence-electron chi connectivity index (χ3n) is 3.33. The number of ether oxygens (including phenoxy) is 1. The average Bonchev–Trinajstić information content (AvgIpc) is 2.95. The highest BCUT2D eigenvalue weighted by atomic mass is 16.5. The van der Waals surface area contributed by atoms with Gasteiger partial charge in [0.25, 0.3) is 0 Å². The molecule has 7 nitrogen and oxygen atoms in total. The monoisotopic (exact) mass is 318 g/mol. The second-order valence-electron chi connectivity index (χ2n) is 5.29. The van der Waals surface area contributed by atoms with Gasteiger partial charge in [-0.3, -0.25) is 4.68 Å². The molecule has 3 N–H and O–H groups in total. The maximum absolute atomic E-state index is 11.8. The van der Waals surface area contributed by atoms with Crippen LogP contribution in [-0.2, 0) is 6.54 Å². The van der Waals surface area contributed by atoms with E-state index in [9.17, 15) is 4.79 Å². The van der Waals surface area contributed by atoms with E-state index in [1.54, 1.807) is 24.2 Å². The number of methoxy groups -OCH3 is 1. The Kier molecular flexibility index (Phi) is 5.99. The normalized spacial score (nSPS) is 11.8. The van der Waals surface area contributed by atoms with Gasteiger partial charge in [0.15, 0.2) is 0 Å². The minimum absolute atomic E-state index is 0.0429. The van der Waals surface area contributed by atoms with Gasteiger partial charge in [0.05, 0.1) is 25.5 Å². The minimum Gasteiger partial charge on any atom is -0.497 e. The second-order valence-corrected chi connectivity index (χ2v) is 5.29. The first-order chi connectivity index (χ1) is 11.1. The number of amides is 2. The van der Waals surface area contributed by atoms with Gasteiger partial charge >= 0.3 is 6.03 Å². The molecular formula is C16H22N4O3. The number of benzene rings is 1. The Morgan fingerprint density at radius 1 is 1.39 bits per heavy atom. The van der Waals surface area contributed by atoms with Gasteiger partial charge in [0.1, 0.15) is 5.75 Å². The fourth-order valence-electron chi connectivity index (χ4n) is 2.09. The summed E-state index contributed by atoms with van der Waals surface area (Å²) in [6.45, 7) is 2.48. The van der Waals surface area contributed by atoms with Gasteiger partial charge < -0.3 is 20.5 Å². The Labute approximate surface area is 135 Å². The molecule has 124 valence electrons. The van der Waals surface area contributed by atoms with Gasteiger partial charge in [0.2, 0.25) is 0 Å². The largest absolute Gasteiger partial charge is 0.497 e. The fourth-order valence-corrected chi connectivity index (χ4v) is 2.09. The number of anilines is 1. The van der Waals surface area contributed by atoms with Crippen molar-refractivity contribution in [2.45, 2.75) is 25.9 Å². The highest BCUT2D eigenvalue weighted by Gasteiger charge is 2.08. The topological polar surface area (TPSA) is 88.4 Å². The van der Waals surface area contributed by atoms with Crippen molar-refractivity contribution in [1.29, 1.82) is 0 Å². The van der Waals surface area contributed by atoms with E-state index < -0.39 is 0 Å². The Morgan fingerprint density at radius 2 is 2.13 bits per heavy atom. The summed E-state index contributed by atoms with van der Waals surface area (Å²) in [6, 6.07) is 7.33. The highest BCUT2D eigenvalue weighted by molar-refractivity contribution is 5.89. The standard InChI is InChI=1S/C16H22N4O3/c1-12(7-8-21)18-16(22)19-14-9-17-20(11-14)10-13-3-5-15(23-2)6-4-13/h3-6,9,11-12,21H,7-8,10H2,1-2H3,(H2,18,19,22)/t12-/m1/s1. The van der Waals surface area contributed by atoms with Crippen LogP contribution < -0.4 is 15.4 Å². The Balaban J connectivity index is 1.88. The first-order valence-corrected chi connectivity index (χ1v) is 7.44. The zero-order valence-electron chi connectivity index (χ0n) is 13.3. The molecule has 2 rings (SSSR count). The van der Waals surface area contributed by atoms with E-state index in [2.05, 4.69) is 15.7 Å². The zero-order chi connectivity index (χ0) is 16.7. The molecule has 0 saturated carbocycles. The number of nitrogens with zero attached hydrogens (tertiary/aromatic N) is 2. The number of carbonyl (C=O) groups excluding carboxylic acids is 1. The number of urea groups is 1. The molecule has 0 saturated heterocycles. The third-order valence-corrected chi connectivity index (χ3v) is 3.33. The summed E-state index contributed by atoms with van der Waals surface area (Å²) in [6.07, 6.45) is 3.88. The molecule has 0 fully saturated rings. The molecule has 0 unspecified atom stereocenters. The van der Waals surface area contributed by atoms with Gasteiger partial charge in [-0.2, -0.15) is 5.10 Å². The van der Waals surface area contributed by atoms with Crippen LogP contribution in [0.2, 0.25) is 0 Å². The van der Waals surface area contributed by atoms with Crippen LogP contribution in [-0.4, -0.2) is 40.7 Å². The lowest BCUT2D eigenvalue weighted by atomic mass is 10.2. The van der Waals surface area contributed by atoms with Crippen LogP contribution in [0.3, 0.4) is 0 Å². The number of nitrogens with one attached hydrogen (secondary N) is 2. The van der Waals surface area contributed by atoms with Crippen molar-refractivity contribution >= 4 is 11.7 Å². The molecule has 0 bridgehead atoms. The second kappa shape index (κ2) is 8.19. The van der Waals surface area contributed by atoms with Gasteiger partial charge in [-0.1, -0.05) is 12.1 Å². The van der Waals surface area contributed by atoms with E-state index >= 15 is 0 Å². The smallest absolute Gasteiger partial charge is 0.319 e. The number of hydrogen-bond donors (Lipinski definition) is 3. The average molecular weight is 318 g/mol. The molecule has 0 aliphatic heterocycles. The summed E-state index contributed by atoms with van der Waals surface area (Å²) in [4.78, 5) is 11.8. The molecular weight excluding hydrogens is 296 g/mol. The van der Waals surface area contributed by atoms with Gasteiger partial charge in [-0.25, -0.2) is 4.79 Å². The minimum atomic E-state index is -0.310. The van der Waals surface area contributed by atoms with E-state index in [1.807, 2.05) is 31.2 Å². The first-order valence-electron chi connectivity index (χ1n) is 7.44. The summed E-state index contributed by atoms with van der Waals surface area (Å²) in [5.74, 6) is 0.810. The van der Waals surface area contributed by atoms with Crippen LogP contribution in [0.1, 0.15) is 18.9 Å². The summed E-state index contributed by atoms with van der Waals surface area (Å²) in [7, 11) is 1.63. The molecule has 1 aromatic heterocycles. The predicted molar refractivity (Wildman–Crippen MR) is 87.6 cm³/mol. The predicted octanol–water partition coefficient (Wildman–Crippen LogP) is 1.83. The summed E-state index contributed by atoms with van der Waals surface area (Å²) < 4.78 is 6.87. The molecule has 1 aromatic carbocycles. The molecule has 0 aliphatic rings. The van der Waals surface area contributed by atoms with Gasteiger partial charge in [0, 0.05) is 18.8 Å². The Hall–Kier alpha value is -2.54. The molecule has 1 atom stereocenters. The number of aromatic nitrogens is 2. The summed E-state index contributed by atoms with van der Waals surface area (Å²) in [5, 5.41) is 18.5. The zero-order valence-corrected chi connectivity index (χ0v) is 13.3. The van der Waals surface area contributed by atoms with Crippen LogP contribution in [0.5, 0.6) is 5.75 Å². The fraction of sp³-hybridized carbons (Fsp3) is 0.375. The Morgan fingerprint density at radius 3 is 2.78 bits per heavy atom. The van der Waals surface area contributed by atoms with Crippen molar-refractivity contribution in [3.63, 3.8) is 0 Å². The number of rotatable bonds is 7. The molecule has 0 radical (unpaired) electrons. The van der Waals surface area contributed by atoms with E-state index in [-0.39, 0.29) is 18.7 Å². The molecule has 2 aromatic rings. The van der Waals surface area contributed by atoms with Crippen LogP contribution in [0.25, 0.3) is 0 Å². The molecule has 7 heteroatoms. The summed E-state index contributed by atoms with van der Waals surface area (Å²) >= 11 is 0. The lowest BCUT2D eigenvalue weighted by Crippen LogP contribution is -2.36. The Bertz CT molecular complexity index is 625. The van der Waals surface area contributed by atoms with E-state index in [1.165, 1.54) is 0 Å². The number of aliphatic hydroxyl groups excluding tert-OH is 1. The van der Waals surface area contributed by atoms with Crippen LogP contribution in [0.4, 0.5) is 10.5 Å². The van der Waals surface area contributed by atoms with Gasteiger partial charge in [-0.15, -0.1) is 0 Å². The highest BCUT2D eigenvalue weighted by Crippen LogP contribution is 2.13. The van der Waals surface area contributed by atoms with Crippen molar-refractivity contribution in [3.8, 4) is 5.75 Å². The van der Waals surface area contributed by atoms with Crippen LogP contribution >= 0.6 is 0 Å². The maximum atomic E-state index is 11.8. The van der Waals surface area contributed by atoms with Crippen LogP contribution in [0.15, 0.2) is 36.7 Å². The lowest BCUT2D eigenvalue weighted by Gasteiger charge is -2.12. The van der Waals surface area contributed by atoms with E-state index in [4.69, 9.17) is 9.84 Å². The maximum Gasteiger partial charge on any atom is 0.319 e. The van der Waals surface area contributed by atoms with Crippen molar-refractivity contribution in [1.82, 2.24) is 15.1 Å². The number of carbonyl (C=O) groups is 1. The quantitative estimate of drug-likeness (QED) is 0.727. The number of hydrogen-bond acceptors (Lipinski definition) is 4. The number of aliphatic hydroxyl groups is 1. The molecule has 23 heavy (non-hydrogen) atoms. The first kappa shape index (κ1) is 16.8. The van der Waals surface area contributed by atoms with Gasteiger partial charge in [-0.05, 0) is 31.0 Å². The van der Waals surface area contributed by atoms with Crippen molar-refractivity contribution in [3.05, 3.63) is 42.2 Å². The van der Waals surface area contributed by atoms with E-state index in [0.717, 1.165) is 11.3 Å². The third kappa shape index (κ3) is 5.30. The van der Waals surface area contributed by atoms with E-state index in [0.29, 0.717) is 18.7 Å². The molecule has 0 aliphatic carbocycles. The summed E-state index contributed by atoms with van der Waals surface area (Å²) in [5.41, 5.74) is 1.70. The van der Waals surface area contributed by atoms with Crippen molar-refractivity contribution < 1.29 is 14.6 Å². The van der Waals surface area contributed by atoms with Crippen LogP contribution in [0, 0.1) is 0 Å². The van der Waals surface area contributed by atoms with Crippen molar-refractivity contribution in [2.75, 3.05) is 19.0 Å². The molecule has 2 amide bonds. The lowest BCUT2D eigenvalue weighted by molar-refractivity contribution is 0.241. The molecule has 1 heterocycles. The van der Waals surface area contributed by atoms with Crippen molar-refractivity contribution in [2.24, 2.45) is 0 Å².